The van der Waals surface area contributed by atoms with Gasteiger partial charge in [0.1, 0.15) is 13.6 Å². The zero-order valence-electron chi connectivity index (χ0n) is 11.9. The van der Waals surface area contributed by atoms with Gasteiger partial charge in [-0.2, -0.15) is 0 Å². The van der Waals surface area contributed by atoms with Crippen molar-refractivity contribution in [1.82, 2.24) is 9.88 Å². The molecule has 0 saturated heterocycles. The number of nitrogens with one attached hydrogen (secondary N) is 1. The van der Waals surface area contributed by atoms with E-state index in [-0.39, 0.29) is 0 Å². The molecule has 2 aromatic rings. The molecule has 3 nitrogen and oxygen atoms in total. The maximum atomic E-state index is 6.29. The lowest BCUT2D eigenvalue weighted by Gasteiger charge is -2.28. The molecular weight excluding hydrogens is 245 g/mol. The SMILES string of the molecule is [B]c1cc2c3c([nH]c2cc1OC)C([B])([B])CN(C)CC3. The number of rotatable bonds is 1. The fourth-order valence-electron chi connectivity index (χ4n) is 3.04. The monoisotopic (exact) mass is 260 g/mol. The summed E-state index contributed by atoms with van der Waals surface area (Å²) in [5.74, 6) is 0.658. The van der Waals surface area contributed by atoms with Gasteiger partial charge in [-0.15, -0.1) is 0 Å². The average molecular weight is 260 g/mol. The number of benzene rings is 1. The summed E-state index contributed by atoms with van der Waals surface area (Å²) in [6.45, 7) is 1.53. The Morgan fingerprint density at radius 1 is 1.35 bits per heavy atom. The number of hydrogen-bond acceptors (Lipinski definition) is 2. The summed E-state index contributed by atoms with van der Waals surface area (Å²) >= 11 is 0. The fourth-order valence-corrected chi connectivity index (χ4v) is 3.04. The molecule has 0 fully saturated rings. The second-order valence-electron chi connectivity index (χ2n) is 5.65. The Hall–Kier alpha value is -1.29. The molecule has 0 atom stereocenters. The Labute approximate surface area is 123 Å². The van der Waals surface area contributed by atoms with Gasteiger partial charge in [-0.05, 0) is 30.8 Å². The van der Waals surface area contributed by atoms with Crippen LogP contribution in [-0.4, -0.2) is 60.7 Å². The van der Waals surface area contributed by atoms with E-state index in [1.54, 1.807) is 7.11 Å². The number of ether oxygens (including phenoxy) is 1. The van der Waals surface area contributed by atoms with Crippen molar-refractivity contribution >= 4 is 39.9 Å². The molecule has 20 heavy (non-hydrogen) atoms. The van der Waals surface area contributed by atoms with E-state index in [9.17, 15) is 0 Å². The number of fused-ring (bicyclic) bond motifs is 3. The zero-order chi connectivity index (χ0) is 14.5. The highest BCUT2D eigenvalue weighted by Crippen LogP contribution is 2.32. The van der Waals surface area contributed by atoms with Crippen molar-refractivity contribution in [2.45, 2.75) is 11.6 Å². The minimum atomic E-state index is -0.887. The van der Waals surface area contributed by atoms with Crippen molar-refractivity contribution in [3.05, 3.63) is 23.4 Å². The summed E-state index contributed by atoms with van der Waals surface area (Å²) < 4.78 is 5.26. The molecule has 3 rings (SSSR count). The number of aromatic amines is 1. The molecule has 0 aliphatic carbocycles. The first-order valence-electron chi connectivity index (χ1n) is 6.67. The molecule has 1 aromatic heterocycles. The van der Waals surface area contributed by atoms with Crippen molar-refractivity contribution < 1.29 is 4.74 Å². The van der Waals surface area contributed by atoms with E-state index in [1.807, 2.05) is 19.2 Å². The molecule has 1 aliphatic heterocycles. The van der Waals surface area contributed by atoms with Gasteiger partial charge >= 0.3 is 0 Å². The van der Waals surface area contributed by atoms with Gasteiger partial charge in [-0.25, -0.2) is 0 Å². The molecule has 0 spiro atoms. The van der Waals surface area contributed by atoms with Crippen LogP contribution >= 0.6 is 0 Å². The number of likely N-dealkylation sites (N-methyl/N-ethyl adjacent to an activating group) is 1. The molecule has 6 radical (unpaired) electrons. The first-order valence-corrected chi connectivity index (χ1v) is 6.67. The number of aromatic nitrogens is 1. The number of hydrogen-bond donors (Lipinski definition) is 1. The normalized spacial score (nSPS) is 18.7. The van der Waals surface area contributed by atoms with Gasteiger partial charge in [0, 0.05) is 29.2 Å². The van der Waals surface area contributed by atoms with Crippen LogP contribution in [0, 0.1) is 0 Å². The maximum Gasteiger partial charge on any atom is 0.119 e. The Bertz CT molecular complexity index is 666. The predicted molar refractivity (Wildman–Crippen MR) is 84.6 cm³/mol. The van der Waals surface area contributed by atoms with Gasteiger partial charge < -0.3 is 14.6 Å². The molecule has 6 heteroatoms. The van der Waals surface area contributed by atoms with Crippen LogP contribution in [0.3, 0.4) is 0 Å². The average Bonchev–Trinajstić information content (AvgIpc) is 2.68. The van der Waals surface area contributed by atoms with Crippen molar-refractivity contribution in [1.29, 1.82) is 0 Å². The largest absolute Gasteiger partial charge is 0.497 e. The zero-order valence-corrected chi connectivity index (χ0v) is 11.9. The van der Waals surface area contributed by atoms with Crippen LogP contribution in [0.15, 0.2) is 12.1 Å². The summed E-state index contributed by atoms with van der Waals surface area (Å²) in [7, 11) is 22.2. The molecule has 96 valence electrons. The lowest BCUT2D eigenvalue weighted by molar-refractivity contribution is 0.337. The Morgan fingerprint density at radius 3 is 2.80 bits per heavy atom. The van der Waals surface area contributed by atoms with E-state index < -0.39 is 5.21 Å². The number of H-pyrrole nitrogens is 1. The molecular formula is C14H15B3N2O. The molecule has 0 unspecified atom stereocenters. The second-order valence-corrected chi connectivity index (χ2v) is 5.65. The Morgan fingerprint density at radius 2 is 2.10 bits per heavy atom. The first-order chi connectivity index (χ1) is 9.42. The molecule has 2 heterocycles. The first kappa shape index (κ1) is 13.7. The summed E-state index contributed by atoms with van der Waals surface area (Å²) in [5, 5.41) is 0.190. The number of methoxy groups -OCH3 is 1. The van der Waals surface area contributed by atoms with Gasteiger partial charge in [0.05, 0.1) is 22.8 Å². The third kappa shape index (κ3) is 2.06. The van der Waals surface area contributed by atoms with Crippen LogP contribution in [0.2, 0.25) is 0 Å². The minimum Gasteiger partial charge on any atom is -0.497 e. The highest BCUT2D eigenvalue weighted by atomic mass is 16.5. The third-order valence-electron chi connectivity index (χ3n) is 4.00. The van der Waals surface area contributed by atoms with Gasteiger partial charge in [0.2, 0.25) is 0 Å². The number of nitrogens with zero attached hydrogens (tertiary/aromatic N) is 1. The van der Waals surface area contributed by atoms with Crippen LogP contribution in [0.5, 0.6) is 5.75 Å². The van der Waals surface area contributed by atoms with E-state index in [4.69, 9.17) is 28.3 Å². The van der Waals surface area contributed by atoms with Crippen LogP contribution < -0.4 is 10.2 Å². The van der Waals surface area contributed by atoms with E-state index in [1.165, 1.54) is 0 Å². The summed E-state index contributed by atoms with van der Waals surface area (Å²) in [4.78, 5) is 5.50. The van der Waals surface area contributed by atoms with E-state index in [0.29, 0.717) is 17.8 Å². The maximum absolute atomic E-state index is 6.29. The molecule has 1 N–H and O–H groups in total. The molecule has 0 bridgehead atoms. The van der Waals surface area contributed by atoms with Gasteiger partial charge in [0.25, 0.3) is 0 Å². The fraction of sp³-hybridized carbons (Fsp3) is 0.429. The smallest absolute Gasteiger partial charge is 0.119 e. The lowest BCUT2D eigenvalue weighted by Crippen LogP contribution is -2.39. The standard InChI is InChI=1S/C14H15B3N2O/c1-19-4-3-8-9-5-10(15)12(20-2)6-11(9)18-13(8)14(16,17)7-19/h5-6,18H,3-4,7H2,1-2H3. The van der Waals surface area contributed by atoms with Crippen LogP contribution in [0.1, 0.15) is 11.3 Å². The minimum absolute atomic E-state index is 0.611. The topological polar surface area (TPSA) is 28.3 Å². The highest BCUT2D eigenvalue weighted by molar-refractivity contribution is 6.40. The van der Waals surface area contributed by atoms with Crippen LogP contribution in [0.4, 0.5) is 0 Å². The lowest BCUT2D eigenvalue weighted by atomic mass is 9.52. The van der Waals surface area contributed by atoms with E-state index >= 15 is 0 Å². The highest BCUT2D eigenvalue weighted by Gasteiger charge is 2.30. The van der Waals surface area contributed by atoms with E-state index in [0.717, 1.165) is 35.1 Å². The van der Waals surface area contributed by atoms with Gasteiger partial charge in [0.15, 0.2) is 0 Å². The summed E-state index contributed by atoms with van der Waals surface area (Å²) in [5.41, 5.74) is 3.64. The molecule has 1 aromatic carbocycles. The Balaban J connectivity index is 2.24. The Kier molecular flexibility index (Phi) is 3.16. The predicted octanol–water partition coefficient (Wildman–Crippen LogP) is -0.0520. The summed E-state index contributed by atoms with van der Waals surface area (Å²) in [6.07, 6.45) is 0.897. The van der Waals surface area contributed by atoms with Crippen molar-refractivity contribution in [3.8, 4) is 5.75 Å². The molecule has 1 aliphatic rings. The quantitative estimate of drug-likeness (QED) is 0.728. The van der Waals surface area contributed by atoms with Gasteiger partial charge in [-0.3, -0.25) is 0 Å². The van der Waals surface area contributed by atoms with Crippen molar-refractivity contribution in [2.75, 3.05) is 27.2 Å². The van der Waals surface area contributed by atoms with Gasteiger partial charge in [-0.1, -0.05) is 11.5 Å². The van der Waals surface area contributed by atoms with Crippen LogP contribution in [0.25, 0.3) is 10.9 Å². The molecule has 0 amide bonds. The van der Waals surface area contributed by atoms with E-state index in [2.05, 4.69) is 9.88 Å². The van der Waals surface area contributed by atoms with Crippen molar-refractivity contribution in [2.24, 2.45) is 0 Å². The van der Waals surface area contributed by atoms with Crippen molar-refractivity contribution in [3.63, 3.8) is 0 Å². The summed E-state index contributed by atoms with van der Waals surface area (Å²) in [6, 6.07) is 3.84. The second kappa shape index (κ2) is 4.62. The van der Waals surface area contributed by atoms with Crippen LogP contribution in [-0.2, 0) is 11.6 Å². The third-order valence-corrected chi connectivity index (χ3v) is 4.00. The molecule has 0 saturated carbocycles.